The first-order valence-corrected chi connectivity index (χ1v) is 8.69. The summed E-state index contributed by atoms with van der Waals surface area (Å²) in [6.07, 6.45) is -3.81. The fourth-order valence-corrected chi connectivity index (χ4v) is 2.55. The van der Waals surface area contributed by atoms with Gasteiger partial charge in [-0.2, -0.15) is 0 Å². The zero-order chi connectivity index (χ0) is 20.9. The number of aromatic nitrogens is 1. The van der Waals surface area contributed by atoms with Crippen molar-refractivity contribution in [2.45, 2.75) is 45.5 Å². The van der Waals surface area contributed by atoms with Crippen LogP contribution in [0.15, 0.2) is 42.6 Å². The van der Waals surface area contributed by atoms with E-state index in [1.807, 2.05) is 18.2 Å². The number of hydrogen-bond acceptors (Lipinski definition) is 4. The van der Waals surface area contributed by atoms with Crippen LogP contribution in [0.2, 0.25) is 0 Å². The first-order chi connectivity index (χ1) is 13.0. The lowest BCUT2D eigenvalue weighted by Crippen LogP contribution is -2.32. The molecule has 0 spiro atoms. The van der Waals surface area contributed by atoms with Crippen molar-refractivity contribution < 1.29 is 27.4 Å². The number of para-hydroxylation sites is 1. The van der Waals surface area contributed by atoms with E-state index in [1.54, 1.807) is 13.0 Å². The zero-order valence-electron chi connectivity index (χ0n) is 16.1. The van der Waals surface area contributed by atoms with Gasteiger partial charge in [0.05, 0.1) is 17.9 Å². The standard InChI is InChI=1S/C20H23F3N2O3/c1-13(16-10-9-14(11-24-16)28-20(21,22)23)25-18(26)12-27-17-8-6-5-7-15(17)19(2,3)4/h5-11,13H,12H2,1-4H3,(H,25,26). The van der Waals surface area contributed by atoms with E-state index < -0.39 is 18.2 Å². The summed E-state index contributed by atoms with van der Waals surface area (Å²) in [6, 6.07) is 9.50. The SMILES string of the molecule is CC(NC(=O)COc1ccccc1C(C)(C)C)c1ccc(OC(F)(F)F)cn1. The molecule has 1 heterocycles. The molecule has 1 aromatic carbocycles. The molecular weight excluding hydrogens is 373 g/mol. The molecule has 0 aliphatic heterocycles. The number of amides is 1. The van der Waals surface area contributed by atoms with Crippen molar-refractivity contribution in [1.82, 2.24) is 10.3 Å². The summed E-state index contributed by atoms with van der Waals surface area (Å²) < 4.78 is 46.0. The number of nitrogens with one attached hydrogen (secondary N) is 1. The summed E-state index contributed by atoms with van der Waals surface area (Å²) in [5.74, 6) is -0.157. The molecule has 1 atom stereocenters. The van der Waals surface area contributed by atoms with Crippen molar-refractivity contribution in [3.8, 4) is 11.5 Å². The molecule has 1 unspecified atom stereocenters. The molecule has 0 saturated heterocycles. The van der Waals surface area contributed by atoms with Crippen LogP contribution in [0.3, 0.4) is 0 Å². The third-order valence-corrected chi connectivity index (χ3v) is 3.87. The molecule has 0 radical (unpaired) electrons. The smallest absolute Gasteiger partial charge is 0.483 e. The van der Waals surface area contributed by atoms with Crippen molar-refractivity contribution in [1.29, 1.82) is 0 Å². The van der Waals surface area contributed by atoms with Gasteiger partial charge in [-0.15, -0.1) is 13.2 Å². The van der Waals surface area contributed by atoms with Gasteiger partial charge in [0.2, 0.25) is 0 Å². The second-order valence-corrected chi connectivity index (χ2v) is 7.29. The monoisotopic (exact) mass is 396 g/mol. The summed E-state index contributed by atoms with van der Waals surface area (Å²) in [7, 11) is 0. The van der Waals surface area contributed by atoms with Crippen LogP contribution in [0.4, 0.5) is 13.2 Å². The number of ether oxygens (including phenoxy) is 2. The van der Waals surface area contributed by atoms with E-state index >= 15 is 0 Å². The molecule has 28 heavy (non-hydrogen) atoms. The highest BCUT2D eigenvalue weighted by Crippen LogP contribution is 2.30. The minimum atomic E-state index is -4.77. The minimum Gasteiger partial charge on any atom is -0.483 e. The molecule has 0 aliphatic carbocycles. The first kappa shape index (κ1) is 21.5. The molecule has 1 amide bonds. The summed E-state index contributed by atoms with van der Waals surface area (Å²) in [5, 5.41) is 2.70. The summed E-state index contributed by atoms with van der Waals surface area (Å²) >= 11 is 0. The van der Waals surface area contributed by atoms with Crippen molar-refractivity contribution >= 4 is 5.91 Å². The Balaban J connectivity index is 1.93. The second kappa shape index (κ2) is 8.50. The molecule has 8 heteroatoms. The van der Waals surface area contributed by atoms with Gasteiger partial charge in [-0.25, -0.2) is 0 Å². The van der Waals surface area contributed by atoms with E-state index in [2.05, 4.69) is 35.8 Å². The average Bonchev–Trinajstić information content (AvgIpc) is 2.58. The van der Waals surface area contributed by atoms with Crippen LogP contribution in [0.1, 0.15) is 45.0 Å². The van der Waals surface area contributed by atoms with Gasteiger partial charge in [0.25, 0.3) is 5.91 Å². The highest BCUT2D eigenvalue weighted by Gasteiger charge is 2.31. The van der Waals surface area contributed by atoms with Crippen molar-refractivity contribution in [2.24, 2.45) is 0 Å². The number of pyridine rings is 1. The number of nitrogens with zero attached hydrogens (tertiary/aromatic N) is 1. The Labute approximate surface area is 161 Å². The maximum Gasteiger partial charge on any atom is 0.573 e. The Hall–Kier alpha value is -2.77. The van der Waals surface area contributed by atoms with Crippen LogP contribution in [0, 0.1) is 0 Å². The van der Waals surface area contributed by atoms with Gasteiger partial charge in [-0.1, -0.05) is 39.0 Å². The van der Waals surface area contributed by atoms with E-state index in [1.165, 1.54) is 6.07 Å². The van der Waals surface area contributed by atoms with Crippen LogP contribution in [0.25, 0.3) is 0 Å². The highest BCUT2D eigenvalue weighted by molar-refractivity contribution is 5.78. The number of halogens is 3. The van der Waals surface area contributed by atoms with Crippen LogP contribution in [-0.4, -0.2) is 23.9 Å². The van der Waals surface area contributed by atoms with Crippen LogP contribution in [-0.2, 0) is 10.2 Å². The van der Waals surface area contributed by atoms with Gasteiger partial charge < -0.3 is 14.8 Å². The van der Waals surface area contributed by atoms with Gasteiger partial charge >= 0.3 is 6.36 Å². The lowest BCUT2D eigenvalue weighted by molar-refractivity contribution is -0.274. The summed E-state index contributed by atoms with van der Waals surface area (Å²) in [4.78, 5) is 16.1. The lowest BCUT2D eigenvalue weighted by atomic mass is 9.86. The maximum atomic E-state index is 12.2. The number of rotatable bonds is 6. The second-order valence-electron chi connectivity index (χ2n) is 7.29. The van der Waals surface area contributed by atoms with E-state index in [9.17, 15) is 18.0 Å². The van der Waals surface area contributed by atoms with Gasteiger partial charge in [0, 0.05) is 0 Å². The number of carbonyl (C=O) groups is 1. The van der Waals surface area contributed by atoms with Crippen molar-refractivity contribution in [3.63, 3.8) is 0 Å². The molecule has 2 aromatic rings. The van der Waals surface area contributed by atoms with Crippen LogP contribution >= 0.6 is 0 Å². The predicted molar refractivity (Wildman–Crippen MR) is 98.1 cm³/mol. The predicted octanol–water partition coefficient (Wildman–Crippen LogP) is 4.53. The molecule has 0 bridgehead atoms. The number of alkyl halides is 3. The third kappa shape index (κ3) is 6.44. The molecule has 0 saturated carbocycles. The molecule has 152 valence electrons. The minimum absolute atomic E-state index is 0.134. The average molecular weight is 396 g/mol. The largest absolute Gasteiger partial charge is 0.573 e. The number of benzene rings is 1. The Bertz CT molecular complexity index is 800. The first-order valence-electron chi connectivity index (χ1n) is 8.69. The number of carbonyl (C=O) groups excluding carboxylic acids is 1. The third-order valence-electron chi connectivity index (χ3n) is 3.87. The molecule has 1 N–H and O–H groups in total. The Morgan fingerprint density at radius 1 is 1.14 bits per heavy atom. The summed E-state index contributed by atoms with van der Waals surface area (Å²) in [6.45, 7) is 7.64. The molecule has 0 fully saturated rings. The van der Waals surface area contributed by atoms with Crippen LogP contribution < -0.4 is 14.8 Å². The number of hydrogen-bond donors (Lipinski definition) is 1. The molecule has 1 aromatic heterocycles. The normalized spacial score (nSPS) is 13.0. The molecular formula is C20H23F3N2O3. The molecule has 0 aliphatic rings. The highest BCUT2D eigenvalue weighted by atomic mass is 19.4. The van der Waals surface area contributed by atoms with E-state index in [0.29, 0.717) is 11.4 Å². The lowest BCUT2D eigenvalue weighted by Gasteiger charge is -2.22. The fourth-order valence-electron chi connectivity index (χ4n) is 2.55. The molecule has 5 nitrogen and oxygen atoms in total. The van der Waals surface area contributed by atoms with Crippen molar-refractivity contribution in [2.75, 3.05) is 6.61 Å². The Kier molecular flexibility index (Phi) is 6.53. The van der Waals surface area contributed by atoms with E-state index in [-0.39, 0.29) is 17.9 Å². The fraction of sp³-hybridized carbons (Fsp3) is 0.400. The summed E-state index contributed by atoms with van der Waals surface area (Å²) in [5.41, 5.74) is 1.25. The van der Waals surface area contributed by atoms with Gasteiger partial charge in [0.1, 0.15) is 11.5 Å². The van der Waals surface area contributed by atoms with E-state index in [0.717, 1.165) is 17.8 Å². The van der Waals surface area contributed by atoms with Gasteiger partial charge in [-0.05, 0) is 36.1 Å². The van der Waals surface area contributed by atoms with Crippen molar-refractivity contribution in [3.05, 3.63) is 53.9 Å². The Morgan fingerprint density at radius 3 is 2.39 bits per heavy atom. The quantitative estimate of drug-likeness (QED) is 0.779. The molecule has 2 rings (SSSR count). The Morgan fingerprint density at radius 2 is 1.82 bits per heavy atom. The van der Waals surface area contributed by atoms with Gasteiger partial charge in [0.15, 0.2) is 6.61 Å². The van der Waals surface area contributed by atoms with E-state index in [4.69, 9.17) is 4.74 Å². The van der Waals surface area contributed by atoms with Crippen LogP contribution in [0.5, 0.6) is 11.5 Å². The topological polar surface area (TPSA) is 60.5 Å². The maximum absolute atomic E-state index is 12.2. The van der Waals surface area contributed by atoms with Gasteiger partial charge in [-0.3, -0.25) is 9.78 Å². The zero-order valence-corrected chi connectivity index (χ0v) is 16.1.